The van der Waals surface area contributed by atoms with Crippen molar-refractivity contribution in [2.75, 3.05) is 0 Å². The summed E-state index contributed by atoms with van der Waals surface area (Å²) in [5.74, 6) is 0.0141. The number of nitrogens with zero attached hydrogens (tertiary/aromatic N) is 1. The number of aryl methyl sites for hydroxylation is 1. The smallest absolute Gasteiger partial charge is 0.335 e. The van der Waals surface area contributed by atoms with Crippen molar-refractivity contribution in [2.45, 2.75) is 6.92 Å². The highest BCUT2D eigenvalue weighted by Gasteiger charge is 2.09. The van der Waals surface area contributed by atoms with Crippen molar-refractivity contribution in [1.82, 2.24) is 0 Å². The van der Waals surface area contributed by atoms with Crippen LogP contribution in [0.25, 0.3) is 0 Å². The summed E-state index contributed by atoms with van der Waals surface area (Å²) in [5.41, 5.74) is 1.21. The Kier molecular flexibility index (Phi) is 3.92. The molecule has 2 aromatic rings. The minimum atomic E-state index is -0.976. The van der Waals surface area contributed by atoms with Crippen LogP contribution in [0.3, 0.4) is 0 Å². The van der Waals surface area contributed by atoms with Gasteiger partial charge in [0.2, 0.25) is 0 Å². The van der Waals surface area contributed by atoms with Gasteiger partial charge >= 0.3 is 5.97 Å². The molecule has 0 saturated carbocycles. The Morgan fingerprint density at radius 2 is 1.90 bits per heavy atom. The highest BCUT2D eigenvalue weighted by molar-refractivity contribution is 6.31. The first kappa shape index (κ1) is 13.9. The maximum atomic E-state index is 10.9. The Morgan fingerprint density at radius 3 is 2.45 bits per heavy atom. The average molecular weight is 288 g/mol. The van der Waals surface area contributed by atoms with E-state index in [9.17, 15) is 4.79 Å². The van der Waals surface area contributed by atoms with Gasteiger partial charge in [0, 0.05) is 6.07 Å². The number of nitriles is 1. The quantitative estimate of drug-likeness (QED) is 0.926. The number of ether oxygens (including phenoxy) is 1. The normalized spacial score (nSPS) is 9.85. The second-order valence-corrected chi connectivity index (χ2v) is 4.54. The van der Waals surface area contributed by atoms with Gasteiger partial charge in [-0.15, -0.1) is 0 Å². The fourth-order valence-electron chi connectivity index (χ4n) is 1.73. The topological polar surface area (TPSA) is 70.3 Å². The van der Waals surface area contributed by atoms with Crippen LogP contribution in [0.15, 0.2) is 36.4 Å². The maximum absolute atomic E-state index is 10.9. The lowest BCUT2D eigenvalue weighted by Crippen LogP contribution is -1.99. The number of rotatable bonds is 3. The monoisotopic (exact) mass is 287 g/mol. The molecule has 0 aliphatic carbocycles. The molecule has 1 N–H and O–H groups in total. The minimum absolute atomic E-state index is 0.232. The molecule has 0 amide bonds. The van der Waals surface area contributed by atoms with Crippen LogP contribution in [0.2, 0.25) is 5.02 Å². The van der Waals surface area contributed by atoms with Crippen molar-refractivity contribution < 1.29 is 14.6 Å². The Morgan fingerprint density at radius 1 is 1.25 bits per heavy atom. The van der Waals surface area contributed by atoms with E-state index in [4.69, 9.17) is 26.7 Å². The molecule has 2 rings (SSSR count). The zero-order valence-electron chi connectivity index (χ0n) is 10.6. The van der Waals surface area contributed by atoms with E-state index in [0.717, 1.165) is 0 Å². The number of halogens is 1. The molecular formula is C15H10ClNO3. The number of hydrogen-bond acceptors (Lipinski definition) is 3. The SMILES string of the molecule is Cc1cc(Oc2ccc(C#N)c(Cl)c2)ccc1C(=O)O. The number of hydrogen-bond donors (Lipinski definition) is 1. The first-order chi connectivity index (χ1) is 9.51. The summed E-state index contributed by atoms with van der Waals surface area (Å²) in [4.78, 5) is 10.9. The van der Waals surface area contributed by atoms with E-state index in [1.807, 2.05) is 6.07 Å². The maximum Gasteiger partial charge on any atom is 0.335 e. The Bertz CT molecular complexity index is 720. The van der Waals surface area contributed by atoms with Crippen LogP contribution >= 0.6 is 11.6 Å². The van der Waals surface area contributed by atoms with Gasteiger partial charge in [0.05, 0.1) is 16.1 Å². The summed E-state index contributed by atoms with van der Waals surface area (Å²) in [6.45, 7) is 1.70. The Balaban J connectivity index is 2.27. The Labute approximate surface area is 120 Å². The fraction of sp³-hybridized carbons (Fsp3) is 0.0667. The van der Waals surface area contributed by atoms with Gasteiger partial charge in [-0.3, -0.25) is 0 Å². The van der Waals surface area contributed by atoms with Gasteiger partial charge in [0.1, 0.15) is 17.6 Å². The van der Waals surface area contributed by atoms with E-state index >= 15 is 0 Å². The molecule has 0 radical (unpaired) electrons. The van der Waals surface area contributed by atoms with Crippen LogP contribution in [0.4, 0.5) is 0 Å². The first-order valence-corrected chi connectivity index (χ1v) is 6.10. The van der Waals surface area contributed by atoms with Gasteiger partial charge in [-0.2, -0.15) is 5.26 Å². The molecule has 0 spiro atoms. The third kappa shape index (κ3) is 2.90. The molecule has 0 atom stereocenters. The van der Waals surface area contributed by atoms with Crippen LogP contribution in [0.1, 0.15) is 21.5 Å². The molecule has 0 unspecified atom stereocenters. The number of carbonyl (C=O) groups is 1. The van der Waals surface area contributed by atoms with Gasteiger partial charge in [-0.05, 0) is 42.8 Å². The lowest BCUT2D eigenvalue weighted by Gasteiger charge is -2.08. The van der Waals surface area contributed by atoms with E-state index < -0.39 is 5.97 Å². The molecule has 0 aliphatic rings. The van der Waals surface area contributed by atoms with Crippen LogP contribution in [0.5, 0.6) is 11.5 Å². The van der Waals surface area contributed by atoms with E-state index in [0.29, 0.717) is 27.6 Å². The molecule has 0 aromatic heterocycles. The molecule has 5 heteroatoms. The molecule has 0 bridgehead atoms. The number of carboxylic acids is 1. The third-order valence-corrected chi connectivity index (χ3v) is 3.04. The Hall–Kier alpha value is -2.51. The summed E-state index contributed by atoms with van der Waals surface area (Å²) in [7, 11) is 0. The predicted molar refractivity (Wildman–Crippen MR) is 74.4 cm³/mol. The predicted octanol–water partition coefficient (Wildman–Crippen LogP) is 4.01. The van der Waals surface area contributed by atoms with Crippen LogP contribution < -0.4 is 4.74 Å². The third-order valence-electron chi connectivity index (χ3n) is 2.72. The zero-order valence-corrected chi connectivity index (χ0v) is 11.3. The standard InChI is InChI=1S/C15H10ClNO3/c1-9-6-11(4-5-13(9)15(18)19)20-12-3-2-10(8-17)14(16)7-12/h2-7H,1H3,(H,18,19). The first-order valence-electron chi connectivity index (χ1n) is 5.72. The van der Waals surface area contributed by atoms with E-state index in [1.54, 1.807) is 37.3 Å². The zero-order chi connectivity index (χ0) is 14.7. The van der Waals surface area contributed by atoms with Crippen molar-refractivity contribution in [3.63, 3.8) is 0 Å². The van der Waals surface area contributed by atoms with Gasteiger partial charge in [-0.25, -0.2) is 4.79 Å². The van der Waals surface area contributed by atoms with E-state index in [1.165, 1.54) is 6.07 Å². The largest absolute Gasteiger partial charge is 0.478 e. The lowest BCUT2D eigenvalue weighted by molar-refractivity contribution is 0.0696. The molecule has 0 saturated heterocycles. The van der Waals surface area contributed by atoms with Gasteiger partial charge in [0.15, 0.2) is 0 Å². The van der Waals surface area contributed by atoms with Gasteiger partial charge in [-0.1, -0.05) is 11.6 Å². The molecule has 0 fully saturated rings. The number of aromatic carboxylic acids is 1. The summed E-state index contributed by atoms with van der Waals surface area (Å²) < 4.78 is 5.59. The molecule has 0 aliphatic heterocycles. The molecular weight excluding hydrogens is 278 g/mol. The second-order valence-electron chi connectivity index (χ2n) is 4.14. The summed E-state index contributed by atoms with van der Waals surface area (Å²) in [5, 5.41) is 18.0. The van der Waals surface area contributed by atoms with Crippen molar-refractivity contribution in [2.24, 2.45) is 0 Å². The van der Waals surface area contributed by atoms with Crippen molar-refractivity contribution in [3.8, 4) is 17.6 Å². The molecule has 20 heavy (non-hydrogen) atoms. The minimum Gasteiger partial charge on any atom is -0.478 e. The highest BCUT2D eigenvalue weighted by Crippen LogP contribution is 2.27. The van der Waals surface area contributed by atoms with Crippen molar-refractivity contribution in [3.05, 3.63) is 58.1 Å². The summed E-state index contributed by atoms with van der Waals surface area (Å²) in [6, 6.07) is 11.4. The molecule has 4 nitrogen and oxygen atoms in total. The lowest BCUT2D eigenvalue weighted by atomic mass is 10.1. The van der Waals surface area contributed by atoms with Crippen molar-refractivity contribution in [1.29, 1.82) is 5.26 Å². The average Bonchev–Trinajstić information content (AvgIpc) is 2.38. The van der Waals surface area contributed by atoms with Crippen molar-refractivity contribution >= 4 is 17.6 Å². The molecule has 100 valence electrons. The van der Waals surface area contributed by atoms with E-state index in [-0.39, 0.29) is 5.56 Å². The number of benzene rings is 2. The van der Waals surface area contributed by atoms with Crippen LogP contribution in [-0.2, 0) is 0 Å². The summed E-state index contributed by atoms with van der Waals surface area (Å²) in [6.07, 6.45) is 0. The second kappa shape index (κ2) is 5.64. The molecule has 0 heterocycles. The number of carboxylic acid groups (broad SMARTS) is 1. The molecule has 2 aromatic carbocycles. The summed E-state index contributed by atoms with van der Waals surface area (Å²) >= 11 is 5.91. The van der Waals surface area contributed by atoms with Crippen LogP contribution in [-0.4, -0.2) is 11.1 Å². The van der Waals surface area contributed by atoms with Crippen LogP contribution in [0, 0.1) is 18.3 Å². The van der Waals surface area contributed by atoms with E-state index in [2.05, 4.69) is 0 Å². The van der Waals surface area contributed by atoms with Gasteiger partial charge < -0.3 is 9.84 Å². The highest BCUT2D eigenvalue weighted by atomic mass is 35.5. The van der Waals surface area contributed by atoms with Gasteiger partial charge in [0.25, 0.3) is 0 Å². The fourth-order valence-corrected chi connectivity index (χ4v) is 1.94.